The lowest BCUT2D eigenvalue weighted by Gasteiger charge is -2.42. The Kier molecular flexibility index (Phi) is 6.23. The molecule has 0 aromatic heterocycles. The van der Waals surface area contributed by atoms with Crippen LogP contribution >= 0.6 is 11.8 Å². The Morgan fingerprint density at radius 3 is 2.75 bits per heavy atom. The quantitative estimate of drug-likeness (QED) is 0.824. The molecule has 3 nitrogen and oxygen atoms in total. The smallest absolute Gasteiger partial charge is 0.157 e. The van der Waals surface area contributed by atoms with E-state index in [1.807, 2.05) is 11.8 Å². The number of amidine groups is 1. The van der Waals surface area contributed by atoms with Gasteiger partial charge in [-0.15, -0.1) is 0 Å². The molecule has 1 aromatic carbocycles. The van der Waals surface area contributed by atoms with Crippen LogP contribution in [0.25, 0.3) is 0 Å². The first-order valence-corrected chi connectivity index (χ1v) is 10.2. The molecule has 1 aliphatic heterocycles. The van der Waals surface area contributed by atoms with E-state index in [2.05, 4.69) is 56.4 Å². The third kappa shape index (κ3) is 3.97. The van der Waals surface area contributed by atoms with Gasteiger partial charge in [0.1, 0.15) is 0 Å². The first kappa shape index (κ1) is 17.8. The summed E-state index contributed by atoms with van der Waals surface area (Å²) in [5.41, 5.74) is 1.25. The van der Waals surface area contributed by atoms with Crippen LogP contribution in [0.3, 0.4) is 0 Å². The van der Waals surface area contributed by atoms with Crippen LogP contribution in [0.4, 0.5) is 0 Å². The van der Waals surface area contributed by atoms with Crippen molar-refractivity contribution < 1.29 is 4.74 Å². The summed E-state index contributed by atoms with van der Waals surface area (Å²) in [6.45, 7) is 8.47. The van der Waals surface area contributed by atoms with Crippen LogP contribution in [0, 0.1) is 11.8 Å². The minimum atomic E-state index is 0.260. The average Bonchev–Trinajstić information content (AvgIpc) is 3.02. The Morgan fingerprint density at radius 1 is 1.25 bits per heavy atom. The maximum absolute atomic E-state index is 6.45. The van der Waals surface area contributed by atoms with E-state index in [9.17, 15) is 0 Å². The third-order valence-electron chi connectivity index (χ3n) is 5.39. The minimum Gasteiger partial charge on any atom is -0.371 e. The second-order valence-corrected chi connectivity index (χ2v) is 8.27. The van der Waals surface area contributed by atoms with Gasteiger partial charge in [0.05, 0.1) is 18.8 Å². The molecule has 3 rings (SSSR count). The highest BCUT2D eigenvalue weighted by Gasteiger charge is 2.47. The molecular weight excluding hydrogens is 316 g/mol. The molecule has 1 heterocycles. The van der Waals surface area contributed by atoms with Gasteiger partial charge in [-0.1, -0.05) is 69.3 Å². The molecular formula is C20H30N2OS. The molecule has 1 aromatic rings. The van der Waals surface area contributed by atoms with Gasteiger partial charge in [-0.25, -0.2) is 0 Å². The lowest BCUT2D eigenvalue weighted by Crippen LogP contribution is -2.53. The maximum atomic E-state index is 6.45. The third-order valence-corrected chi connectivity index (χ3v) is 6.65. The van der Waals surface area contributed by atoms with Crippen molar-refractivity contribution in [2.75, 3.05) is 6.54 Å². The zero-order valence-corrected chi connectivity index (χ0v) is 15.9. The summed E-state index contributed by atoms with van der Waals surface area (Å²) in [6.07, 6.45) is 3.87. The maximum Gasteiger partial charge on any atom is 0.157 e. The number of rotatable bonds is 6. The standard InChI is InChI=1S/C20H30N2OS/c1-4-11-21-20-22-18-17(24-20)12-16(5-2)14(3)19(18)23-13-15-9-7-6-8-10-15/h6-10,14,16-19H,4-5,11-13H2,1-3H3,(H,21,22)/t14-,16+,17+,18+,19+/m1/s1. The van der Waals surface area contributed by atoms with E-state index in [4.69, 9.17) is 9.73 Å². The summed E-state index contributed by atoms with van der Waals surface area (Å²) in [7, 11) is 0. The predicted molar refractivity (Wildman–Crippen MR) is 103 cm³/mol. The van der Waals surface area contributed by atoms with Crippen LogP contribution in [-0.4, -0.2) is 29.1 Å². The van der Waals surface area contributed by atoms with Crippen molar-refractivity contribution in [1.82, 2.24) is 5.32 Å². The van der Waals surface area contributed by atoms with E-state index in [1.54, 1.807) is 0 Å². The lowest BCUT2D eigenvalue weighted by molar-refractivity contribution is -0.0496. The fourth-order valence-corrected chi connectivity index (χ4v) is 5.31. The van der Waals surface area contributed by atoms with Crippen molar-refractivity contribution in [3.8, 4) is 0 Å². The van der Waals surface area contributed by atoms with Crippen molar-refractivity contribution in [1.29, 1.82) is 0 Å². The predicted octanol–water partition coefficient (Wildman–Crippen LogP) is 4.48. The van der Waals surface area contributed by atoms with Crippen molar-refractivity contribution in [3.63, 3.8) is 0 Å². The molecule has 0 amide bonds. The Bertz CT molecular complexity index is 548. The molecule has 5 atom stereocenters. The number of aliphatic imine (C=N–C) groups is 1. The minimum absolute atomic E-state index is 0.260. The van der Waals surface area contributed by atoms with Gasteiger partial charge in [0.2, 0.25) is 0 Å². The van der Waals surface area contributed by atoms with Crippen LogP contribution in [0.5, 0.6) is 0 Å². The van der Waals surface area contributed by atoms with Gasteiger partial charge in [0, 0.05) is 11.8 Å². The summed E-state index contributed by atoms with van der Waals surface area (Å²) in [5.74, 6) is 1.32. The fourth-order valence-electron chi connectivity index (χ4n) is 3.94. The molecule has 0 unspecified atom stereocenters. The van der Waals surface area contributed by atoms with Crippen LogP contribution in [-0.2, 0) is 11.3 Å². The number of ether oxygens (including phenoxy) is 1. The molecule has 2 fully saturated rings. The molecule has 2 aliphatic rings. The highest BCUT2D eigenvalue weighted by Crippen LogP contribution is 2.43. The van der Waals surface area contributed by atoms with E-state index in [0.717, 1.165) is 24.1 Å². The number of nitrogens with zero attached hydrogens (tertiary/aromatic N) is 1. The van der Waals surface area contributed by atoms with E-state index >= 15 is 0 Å². The first-order chi connectivity index (χ1) is 11.7. The molecule has 132 valence electrons. The Labute approximate surface area is 150 Å². The SMILES string of the molecule is CCCN=C1N[C@@H]2[C@@H](OCc3ccccc3)[C@H](C)[C@@H](CC)C[C@@H]2S1. The second-order valence-electron chi connectivity index (χ2n) is 7.04. The molecule has 4 heteroatoms. The molecule has 1 N–H and O–H groups in total. The van der Waals surface area contributed by atoms with Crippen molar-refractivity contribution in [2.45, 2.75) is 64.0 Å². The average molecular weight is 347 g/mol. The number of thioether (sulfide) groups is 1. The highest BCUT2D eigenvalue weighted by molar-refractivity contribution is 8.14. The van der Waals surface area contributed by atoms with Gasteiger partial charge in [0.25, 0.3) is 0 Å². The van der Waals surface area contributed by atoms with Gasteiger partial charge in [-0.05, 0) is 30.2 Å². The Hall–Kier alpha value is -1.00. The van der Waals surface area contributed by atoms with E-state index < -0.39 is 0 Å². The van der Waals surface area contributed by atoms with Crippen molar-refractivity contribution >= 4 is 16.9 Å². The molecule has 1 saturated carbocycles. The van der Waals surface area contributed by atoms with Gasteiger partial charge in [0.15, 0.2) is 5.17 Å². The zero-order chi connectivity index (χ0) is 16.9. The monoisotopic (exact) mass is 346 g/mol. The first-order valence-electron chi connectivity index (χ1n) is 9.36. The Morgan fingerprint density at radius 2 is 2.04 bits per heavy atom. The van der Waals surface area contributed by atoms with E-state index in [1.165, 1.54) is 18.4 Å². The summed E-state index contributed by atoms with van der Waals surface area (Å²) >= 11 is 1.94. The topological polar surface area (TPSA) is 33.6 Å². The number of hydrogen-bond donors (Lipinski definition) is 1. The number of hydrogen-bond acceptors (Lipinski definition) is 3. The molecule has 0 bridgehead atoms. The van der Waals surface area contributed by atoms with Crippen LogP contribution in [0.1, 0.15) is 45.6 Å². The molecule has 1 aliphatic carbocycles. The van der Waals surface area contributed by atoms with E-state index in [0.29, 0.717) is 23.8 Å². The van der Waals surface area contributed by atoms with Crippen LogP contribution < -0.4 is 5.32 Å². The van der Waals surface area contributed by atoms with Gasteiger partial charge < -0.3 is 10.1 Å². The summed E-state index contributed by atoms with van der Waals surface area (Å²) < 4.78 is 6.45. The van der Waals surface area contributed by atoms with Gasteiger partial charge in [-0.3, -0.25) is 4.99 Å². The van der Waals surface area contributed by atoms with E-state index in [-0.39, 0.29) is 6.10 Å². The van der Waals surface area contributed by atoms with Gasteiger partial charge >= 0.3 is 0 Å². The van der Waals surface area contributed by atoms with Gasteiger partial charge in [-0.2, -0.15) is 0 Å². The zero-order valence-electron chi connectivity index (χ0n) is 15.1. The summed E-state index contributed by atoms with van der Waals surface area (Å²) in [6, 6.07) is 10.9. The lowest BCUT2D eigenvalue weighted by atomic mass is 9.74. The fraction of sp³-hybridized carbons (Fsp3) is 0.650. The molecule has 0 spiro atoms. The van der Waals surface area contributed by atoms with Crippen molar-refractivity contribution in [2.24, 2.45) is 16.8 Å². The normalized spacial score (nSPS) is 34.1. The summed E-state index contributed by atoms with van der Waals surface area (Å²) in [5, 5.41) is 5.41. The van der Waals surface area contributed by atoms with Crippen LogP contribution in [0.2, 0.25) is 0 Å². The largest absolute Gasteiger partial charge is 0.371 e. The van der Waals surface area contributed by atoms with Crippen LogP contribution in [0.15, 0.2) is 35.3 Å². The number of nitrogens with one attached hydrogen (secondary N) is 1. The Balaban J connectivity index is 1.71. The molecule has 0 radical (unpaired) electrons. The number of fused-ring (bicyclic) bond motifs is 1. The molecule has 24 heavy (non-hydrogen) atoms. The van der Waals surface area contributed by atoms with Crippen molar-refractivity contribution in [3.05, 3.63) is 35.9 Å². The number of benzene rings is 1. The summed E-state index contributed by atoms with van der Waals surface area (Å²) in [4.78, 5) is 4.71. The second kappa shape index (κ2) is 8.39. The molecule has 1 saturated heterocycles. The highest BCUT2D eigenvalue weighted by atomic mass is 32.2.